The Morgan fingerprint density at radius 3 is 1.16 bits per heavy atom. The van der Waals surface area contributed by atoms with Crippen molar-refractivity contribution in [2.75, 3.05) is 68.0 Å². The highest BCUT2D eigenvalue weighted by Crippen LogP contribution is 2.35. The number of hydrogen-bond acceptors (Lipinski definition) is 16. The summed E-state index contributed by atoms with van der Waals surface area (Å²) in [4.78, 5) is 164. The van der Waals surface area contributed by atoms with Crippen LogP contribution in [0.4, 0.5) is 17.6 Å². The molecule has 14 rings (SSSR count). The molecule has 614 valence electrons. The van der Waals surface area contributed by atoms with Crippen molar-refractivity contribution in [3.63, 3.8) is 0 Å². The lowest BCUT2D eigenvalue weighted by molar-refractivity contribution is 0.0662. The summed E-state index contributed by atoms with van der Waals surface area (Å²) in [6.45, 7) is 15.2. The van der Waals surface area contributed by atoms with Crippen LogP contribution in [-0.2, 0) is 59.4 Å². The molecule has 5 aliphatic rings. The Morgan fingerprint density at radius 2 is 0.786 bits per heavy atom. The SMILES string of the molecule is C=C1CN(C)C(=O)c2c1c(=O)c(O)c1n2CCN(Cc2ccc(F)c(Cl)c2)C1=O.CC(C)c1c(C(=O)N(C)C)n2c(c(O)c1=O)C(=O)N(Cc1ccc(F)c(Cl)c1)CC2.CC(C)c1c(C(=O)N(C)C)n2c(c(O)c1=O)C(=O)N(Cc1ccc(F)cc1)CC2.Cc1cn(C)c(=O)c2c1c(=O)c(O)c1n2CCN(Cc2ccc(F)c(Cl)c2)C1=O. The van der Waals surface area contributed by atoms with Crippen LogP contribution in [0.5, 0.6) is 23.0 Å². The number of rotatable bonds is 12. The Labute approximate surface area is 680 Å². The summed E-state index contributed by atoms with van der Waals surface area (Å²) >= 11 is 17.4. The Kier molecular flexibility index (Phi) is 24.8. The van der Waals surface area contributed by atoms with Gasteiger partial charge >= 0.3 is 0 Å². The van der Waals surface area contributed by atoms with Crippen LogP contribution in [0.3, 0.4) is 0 Å². The summed E-state index contributed by atoms with van der Waals surface area (Å²) in [7, 11) is 9.41. The van der Waals surface area contributed by atoms with E-state index in [9.17, 15) is 95.5 Å². The first-order valence-electron chi connectivity index (χ1n) is 36.6. The Hall–Kier alpha value is -12.3. The molecule has 117 heavy (non-hydrogen) atoms. The van der Waals surface area contributed by atoms with Crippen molar-refractivity contribution in [3.05, 3.63) is 266 Å². The third-order valence-electron chi connectivity index (χ3n) is 20.5. The summed E-state index contributed by atoms with van der Waals surface area (Å²) in [5.41, 5.74) is 0.118. The summed E-state index contributed by atoms with van der Waals surface area (Å²) in [6.07, 6.45) is 1.52. The van der Waals surface area contributed by atoms with Crippen LogP contribution < -0.4 is 27.3 Å². The number of fused-ring (bicyclic) bond motifs is 8. The van der Waals surface area contributed by atoms with E-state index in [2.05, 4.69) is 6.58 Å². The second-order valence-corrected chi connectivity index (χ2v) is 30.9. The zero-order chi connectivity index (χ0) is 85.8. The largest absolute Gasteiger partial charge is 0.503 e. The summed E-state index contributed by atoms with van der Waals surface area (Å²) in [5, 5.41) is 42.0. The molecule has 28 nitrogen and oxygen atoms in total. The van der Waals surface area contributed by atoms with Gasteiger partial charge in [0, 0.05) is 145 Å². The number of halogens is 7. The van der Waals surface area contributed by atoms with Gasteiger partial charge in [-0.1, -0.05) is 99.4 Å². The van der Waals surface area contributed by atoms with Gasteiger partial charge in [-0.15, -0.1) is 0 Å². The van der Waals surface area contributed by atoms with Gasteiger partial charge in [0.1, 0.15) is 45.9 Å². The van der Waals surface area contributed by atoms with E-state index in [1.54, 1.807) is 89.0 Å². The molecule has 0 unspecified atom stereocenters. The summed E-state index contributed by atoms with van der Waals surface area (Å²) in [6, 6.07) is 18.2. The van der Waals surface area contributed by atoms with Gasteiger partial charge in [-0.2, -0.15) is 0 Å². The number of amides is 7. The smallest absolute Gasteiger partial charge is 0.274 e. The Bertz CT molecular complexity index is 6040. The number of pyridine rings is 5. The van der Waals surface area contributed by atoms with E-state index >= 15 is 0 Å². The van der Waals surface area contributed by atoms with E-state index < -0.39 is 109 Å². The number of carbonyl (C=O) groups excluding carboxylic acids is 7. The summed E-state index contributed by atoms with van der Waals surface area (Å²) < 4.78 is 60.4. The van der Waals surface area contributed by atoms with Crippen molar-refractivity contribution in [1.29, 1.82) is 0 Å². The fourth-order valence-electron chi connectivity index (χ4n) is 14.8. The van der Waals surface area contributed by atoms with Gasteiger partial charge in [-0.25, -0.2) is 17.6 Å². The van der Waals surface area contributed by atoms with E-state index in [0.29, 0.717) is 27.8 Å². The predicted octanol–water partition coefficient (Wildman–Crippen LogP) is 9.27. The van der Waals surface area contributed by atoms with Gasteiger partial charge in [0.25, 0.3) is 46.9 Å². The summed E-state index contributed by atoms with van der Waals surface area (Å²) in [5.74, 6) is -8.91. The molecule has 0 atom stereocenters. The van der Waals surface area contributed by atoms with E-state index in [4.69, 9.17) is 34.8 Å². The maximum absolute atomic E-state index is 13.4. The minimum absolute atomic E-state index is 0.0564. The molecule has 4 aromatic carbocycles. The van der Waals surface area contributed by atoms with Gasteiger partial charge in [0.15, 0.2) is 45.8 Å². The number of aromatic hydroxyl groups is 4. The molecular formula is C82H81Cl3F4N12O16. The van der Waals surface area contributed by atoms with Gasteiger partial charge in [-0.3, -0.25) is 57.5 Å². The molecule has 0 spiro atoms. The Balaban J connectivity index is 0.000000153. The third-order valence-corrected chi connectivity index (χ3v) is 21.4. The molecule has 4 N–H and O–H groups in total. The molecule has 0 saturated heterocycles. The average molecular weight is 1670 g/mol. The van der Waals surface area contributed by atoms with Crippen LogP contribution >= 0.6 is 34.8 Å². The fraction of sp³-hybridized carbons (Fsp3) is 0.317. The molecule has 0 radical (unpaired) electrons. The molecule has 9 aromatic rings. The number of carbonyl (C=O) groups is 7. The first-order valence-corrected chi connectivity index (χ1v) is 37.8. The molecule has 0 saturated carbocycles. The molecule has 10 heterocycles. The van der Waals surface area contributed by atoms with Crippen molar-refractivity contribution in [2.24, 2.45) is 7.05 Å². The maximum Gasteiger partial charge on any atom is 0.274 e. The van der Waals surface area contributed by atoms with Gasteiger partial charge in [-0.05, 0) is 101 Å². The number of nitrogens with zero attached hydrogens (tertiary/aromatic N) is 12. The molecule has 0 fully saturated rings. The van der Waals surface area contributed by atoms with Crippen LogP contribution in [0.2, 0.25) is 15.1 Å². The molecule has 7 amide bonds. The number of likely N-dealkylation sites (N-methyl/N-ethyl adjacent to an activating group) is 1. The van der Waals surface area contributed by atoms with Gasteiger partial charge in [0.2, 0.25) is 21.7 Å². The standard InChI is InChI=1S/C21H23ClFN3O4.C21H24FN3O4.2C20H17ClFN3O4/c1-11(2)15-16(20(29)24(3)4)26-8-7-25(21(30)17(26)19(28)18(15)27)10-12-5-6-14(23)13(22)9-12;1-12(2)15-16(20(28)23(3)4)25-10-9-24(11-13-5-7-14(22)8-6-13)21(29)17(25)19(27)18(15)26;2*1-10-8-23(2)19(28)15-14(10)17(26)18(27)16-20(29)24(5-6-25(15)16)9-11-3-4-13(22)12(21)7-11/h5-6,9,11,28H,7-8,10H2,1-4H3;5-8,12,27H,9-11H2,1-4H3;3-4,7-8,27H,5-6,9H2,1-2H3;3-4,7,27H,1,5-6,8-9H2,2H3. The third kappa shape index (κ3) is 16.3. The fourth-order valence-corrected chi connectivity index (χ4v) is 15.4. The van der Waals surface area contributed by atoms with E-state index in [0.717, 1.165) is 5.56 Å². The zero-order valence-corrected chi connectivity index (χ0v) is 67.6. The lowest BCUT2D eigenvalue weighted by Gasteiger charge is -2.35. The maximum atomic E-state index is 13.4. The first-order chi connectivity index (χ1) is 55.1. The van der Waals surface area contributed by atoms with Crippen molar-refractivity contribution in [1.82, 2.24) is 57.1 Å². The molecule has 35 heteroatoms. The number of aryl methyl sites for hydroxylation is 2. The Morgan fingerprint density at radius 1 is 0.453 bits per heavy atom. The van der Waals surface area contributed by atoms with Crippen LogP contribution in [-0.4, -0.2) is 187 Å². The van der Waals surface area contributed by atoms with Crippen molar-refractivity contribution < 1.29 is 71.5 Å². The van der Waals surface area contributed by atoms with Crippen LogP contribution in [0.15, 0.2) is 116 Å². The molecule has 5 aliphatic heterocycles. The van der Waals surface area contributed by atoms with Crippen LogP contribution in [0.1, 0.15) is 157 Å². The van der Waals surface area contributed by atoms with Gasteiger partial charge in [0.05, 0.1) is 26.0 Å². The number of benzene rings is 4. The monoisotopic (exact) mass is 1670 g/mol. The molecular weight excluding hydrogens is 1590 g/mol. The van der Waals surface area contributed by atoms with E-state index in [1.807, 2.05) is 0 Å². The zero-order valence-electron chi connectivity index (χ0n) is 65.3. The van der Waals surface area contributed by atoms with E-state index in [-0.39, 0.29) is 185 Å². The highest BCUT2D eigenvalue weighted by atomic mass is 35.5. The highest BCUT2D eigenvalue weighted by molar-refractivity contribution is 6.31. The highest BCUT2D eigenvalue weighted by Gasteiger charge is 2.41. The van der Waals surface area contributed by atoms with Crippen molar-refractivity contribution in [3.8, 4) is 23.0 Å². The molecule has 0 aliphatic carbocycles. The first kappa shape index (κ1) is 85.6. The quantitative estimate of drug-likeness (QED) is 0.0828. The van der Waals surface area contributed by atoms with E-state index in [1.165, 1.54) is 130 Å². The molecule has 0 bridgehead atoms. The lowest BCUT2D eigenvalue weighted by atomic mass is 9.97. The average Bonchev–Trinajstić information content (AvgIpc) is 0.743. The number of hydrogen-bond donors (Lipinski definition) is 4. The van der Waals surface area contributed by atoms with Crippen molar-refractivity contribution >= 4 is 92.6 Å². The lowest BCUT2D eigenvalue weighted by Crippen LogP contribution is -2.46. The van der Waals surface area contributed by atoms with Gasteiger partial charge < -0.3 is 77.6 Å². The number of aromatic nitrogens is 5. The normalized spacial score (nSPS) is 14.3. The van der Waals surface area contributed by atoms with Crippen molar-refractivity contribution in [2.45, 2.75) is 98.8 Å². The second-order valence-electron chi connectivity index (χ2n) is 29.7. The van der Waals surface area contributed by atoms with Crippen LogP contribution in [0.25, 0.3) is 16.5 Å². The second kappa shape index (κ2) is 33.9. The topological polar surface area (TPSA) is 333 Å². The minimum atomic E-state index is -0.780. The van der Waals surface area contributed by atoms with Crippen LogP contribution in [0, 0.1) is 30.2 Å². The minimum Gasteiger partial charge on any atom is -0.503 e. The predicted molar refractivity (Wildman–Crippen MR) is 427 cm³/mol. The molecule has 5 aromatic heterocycles.